The number of hydrogen-bond acceptors (Lipinski definition) is 4. The first kappa shape index (κ1) is 33.1. The molecule has 4 rings (SSSR count). The second-order valence-corrected chi connectivity index (χ2v) is 13.0. The topological polar surface area (TPSA) is 86.8 Å². The summed E-state index contributed by atoms with van der Waals surface area (Å²) in [4.78, 5) is 29.5. The number of aryl methyl sites for hydroxylation is 1. The number of halogens is 2. The Kier molecular flexibility index (Phi) is 11.4. The van der Waals surface area contributed by atoms with Gasteiger partial charge >= 0.3 is 0 Å². The molecule has 1 N–H and O–H groups in total. The van der Waals surface area contributed by atoms with Crippen molar-refractivity contribution in [3.63, 3.8) is 0 Å². The molecule has 0 saturated heterocycles. The van der Waals surface area contributed by atoms with Crippen LogP contribution in [0.3, 0.4) is 0 Å². The van der Waals surface area contributed by atoms with E-state index in [-0.39, 0.29) is 39.5 Å². The molecule has 0 radical (unpaired) electrons. The second kappa shape index (κ2) is 15.2. The molecule has 7 nitrogen and oxygen atoms in total. The predicted molar refractivity (Wildman–Crippen MR) is 176 cm³/mol. The van der Waals surface area contributed by atoms with Crippen molar-refractivity contribution in [1.29, 1.82) is 0 Å². The molecule has 0 aliphatic carbocycles. The van der Waals surface area contributed by atoms with Gasteiger partial charge in [-0.05, 0) is 48.7 Å². The van der Waals surface area contributed by atoms with Crippen LogP contribution in [0.25, 0.3) is 0 Å². The number of benzene rings is 4. The van der Waals surface area contributed by atoms with E-state index in [1.54, 1.807) is 24.3 Å². The number of carbonyl (C=O) groups is 2. The fourth-order valence-electron chi connectivity index (χ4n) is 4.74. The number of nitrogens with one attached hydrogen (secondary N) is 1. The smallest absolute Gasteiger partial charge is 0.264 e. The van der Waals surface area contributed by atoms with Gasteiger partial charge < -0.3 is 10.2 Å². The monoisotopic (exact) mass is 651 g/mol. The van der Waals surface area contributed by atoms with Gasteiger partial charge in [-0.1, -0.05) is 115 Å². The van der Waals surface area contributed by atoms with E-state index >= 15 is 0 Å². The van der Waals surface area contributed by atoms with Crippen LogP contribution >= 0.6 is 23.2 Å². The van der Waals surface area contributed by atoms with E-state index in [1.807, 2.05) is 74.5 Å². The van der Waals surface area contributed by atoms with Crippen molar-refractivity contribution in [1.82, 2.24) is 10.2 Å². The lowest BCUT2D eigenvalue weighted by atomic mass is 10.0. The van der Waals surface area contributed by atoms with Crippen LogP contribution in [-0.2, 0) is 32.6 Å². The quantitative estimate of drug-likeness (QED) is 0.175. The van der Waals surface area contributed by atoms with Crippen LogP contribution in [0.15, 0.2) is 108 Å². The van der Waals surface area contributed by atoms with Crippen LogP contribution in [0.2, 0.25) is 10.0 Å². The normalized spacial score (nSPS) is 11.9. The largest absolute Gasteiger partial charge is 0.354 e. The summed E-state index contributed by atoms with van der Waals surface area (Å²) in [6, 6.07) is 28.7. The maximum atomic E-state index is 14.4. The molecule has 0 spiro atoms. The fraction of sp³-hybridized carbons (Fsp3) is 0.235. The van der Waals surface area contributed by atoms with Crippen LogP contribution in [0.1, 0.15) is 30.0 Å². The Morgan fingerprint density at radius 2 is 1.43 bits per heavy atom. The average molecular weight is 653 g/mol. The van der Waals surface area contributed by atoms with Gasteiger partial charge in [0, 0.05) is 19.5 Å². The summed E-state index contributed by atoms with van der Waals surface area (Å²) in [6.45, 7) is 3.70. The van der Waals surface area contributed by atoms with Crippen molar-refractivity contribution >= 4 is 50.7 Å². The third kappa shape index (κ3) is 8.20. The molecule has 230 valence electrons. The predicted octanol–water partition coefficient (Wildman–Crippen LogP) is 6.66. The van der Waals surface area contributed by atoms with Crippen molar-refractivity contribution in [3.8, 4) is 0 Å². The number of amides is 2. The van der Waals surface area contributed by atoms with E-state index in [9.17, 15) is 18.0 Å². The summed E-state index contributed by atoms with van der Waals surface area (Å²) < 4.78 is 29.2. The van der Waals surface area contributed by atoms with E-state index in [4.69, 9.17) is 23.2 Å². The van der Waals surface area contributed by atoms with Crippen LogP contribution in [0.5, 0.6) is 0 Å². The Morgan fingerprint density at radius 1 is 0.818 bits per heavy atom. The number of nitrogens with zero attached hydrogens (tertiary/aromatic N) is 2. The molecule has 0 fully saturated rings. The highest BCUT2D eigenvalue weighted by Gasteiger charge is 2.35. The number of hydrogen-bond donors (Lipinski definition) is 1. The molecular weight excluding hydrogens is 617 g/mol. The molecule has 4 aromatic carbocycles. The summed E-state index contributed by atoms with van der Waals surface area (Å²) >= 11 is 12.9. The SMILES string of the molecule is CCCNC(=O)[C@@H](Cc1ccccc1)N(Cc1ccccc1)C(=O)CN(c1cccc(Cl)c1Cl)S(=O)(=O)c1ccc(C)cc1. The Hall–Kier alpha value is -3.85. The number of sulfonamides is 1. The van der Waals surface area contributed by atoms with Crippen LogP contribution in [-0.4, -0.2) is 44.3 Å². The Bertz CT molecular complexity index is 1670. The van der Waals surface area contributed by atoms with Crippen molar-refractivity contribution in [2.45, 2.75) is 44.2 Å². The van der Waals surface area contributed by atoms with Crippen LogP contribution < -0.4 is 9.62 Å². The first-order valence-electron chi connectivity index (χ1n) is 14.3. The van der Waals surface area contributed by atoms with Gasteiger partial charge in [-0.15, -0.1) is 0 Å². The Morgan fingerprint density at radius 3 is 2.05 bits per heavy atom. The van der Waals surface area contributed by atoms with E-state index < -0.39 is 28.5 Å². The lowest BCUT2D eigenvalue weighted by Gasteiger charge is -2.34. The van der Waals surface area contributed by atoms with Gasteiger partial charge in [0.15, 0.2) is 0 Å². The van der Waals surface area contributed by atoms with Gasteiger partial charge in [0.05, 0.1) is 20.6 Å². The summed E-state index contributed by atoms with van der Waals surface area (Å²) in [5.74, 6) is -0.901. The third-order valence-electron chi connectivity index (χ3n) is 7.10. The zero-order valence-electron chi connectivity index (χ0n) is 24.6. The second-order valence-electron chi connectivity index (χ2n) is 10.4. The molecule has 0 aliphatic rings. The first-order chi connectivity index (χ1) is 21.1. The van der Waals surface area contributed by atoms with E-state index in [2.05, 4.69) is 5.32 Å². The number of anilines is 1. The summed E-state index contributed by atoms with van der Waals surface area (Å²) in [6.07, 6.45) is 0.948. The lowest BCUT2D eigenvalue weighted by molar-refractivity contribution is -0.140. The lowest BCUT2D eigenvalue weighted by Crippen LogP contribution is -2.53. The average Bonchev–Trinajstić information content (AvgIpc) is 3.03. The molecule has 0 aromatic heterocycles. The van der Waals surface area contributed by atoms with Crippen molar-refractivity contribution in [2.75, 3.05) is 17.4 Å². The molecule has 0 bridgehead atoms. The minimum atomic E-state index is -4.29. The van der Waals surface area contributed by atoms with Gasteiger partial charge in [-0.3, -0.25) is 13.9 Å². The molecule has 0 unspecified atom stereocenters. The molecule has 44 heavy (non-hydrogen) atoms. The summed E-state index contributed by atoms with van der Waals surface area (Å²) in [5.41, 5.74) is 2.58. The zero-order valence-corrected chi connectivity index (χ0v) is 26.9. The van der Waals surface area contributed by atoms with Crippen LogP contribution in [0, 0.1) is 6.92 Å². The Labute approximate surface area is 269 Å². The van der Waals surface area contributed by atoms with Crippen molar-refractivity contribution < 1.29 is 18.0 Å². The maximum absolute atomic E-state index is 14.4. The molecule has 0 heterocycles. The molecule has 10 heteroatoms. The molecule has 2 amide bonds. The van der Waals surface area contributed by atoms with E-state index in [1.165, 1.54) is 23.1 Å². The molecule has 4 aromatic rings. The highest BCUT2D eigenvalue weighted by atomic mass is 35.5. The summed E-state index contributed by atoms with van der Waals surface area (Å²) in [5, 5.41) is 3.07. The van der Waals surface area contributed by atoms with E-state index in [0.29, 0.717) is 13.0 Å². The summed E-state index contributed by atoms with van der Waals surface area (Å²) in [7, 11) is -4.29. The standard InChI is InChI=1S/C34H35Cl2N3O4S/c1-3-21-37-34(41)31(22-26-11-6-4-7-12-26)38(23-27-13-8-5-9-14-27)32(40)24-39(30-16-10-15-29(35)33(30)36)44(42,43)28-19-17-25(2)18-20-28/h4-20,31H,3,21-24H2,1-2H3,(H,37,41)/t31-/m1/s1. The highest BCUT2D eigenvalue weighted by Crippen LogP contribution is 2.35. The van der Waals surface area contributed by atoms with Gasteiger partial charge in [-0.25, -0.2) is 8.42 Å². The fourth-order valence-corrected chi connectivity index (χ4v) is 6.61. The minimum absolute atomic E-state index is 0.00575. The Balaban J connectivity index is 1.81. The molecule has 1 atom stereocenters. The zero-order chi connectivity index (χ0) is 31.7. The number of carbonyl (C=O) groups excluding carboxylic acids is 2. The van der Waals surface area contributed by atoms with Crippen molar-refractivity contribution in [3.05, 3.63) is 130 Å². The van der Waals surface area contributed by atoms with Gasteiger partial charge in [0.1, 0.15) is 12.6 Å². The van der Waals surface area contributed by atoms with Gasteiger partial charge in [-0.2, -0.15) is 0 Å². The first-order valence-corrected chi connectivity index (χ1v) is 16.5. The molecule has 0 aliphatic heterocycles. The number of rotatable bonds is 13. The third-order valence-corrected chi connectivity index (χ3v) is 9.69. The highest BCUT2D eigenvalue weighted by molar-refractivity contribution is 7.92. The molecule has 0 saturated carbocycles. The van der Waals surface area contributed by atoms with Crippen molar-refractivity contribution in [2.24, 2.45) is 0 Å². The van der Waals surface area contributed by atoms with Gasteiger partial charge in [0.2, 0.25) is 11.8 Å². The molecular formula is C34H35Cl2N3O4S. The minimum Gasteiger partial charge on any atom is -0.354 e. The maximum Gasteiger partial charge on any atom is 0.264 e. The van der Waals surface area contributed by atoms with Gasteiger partial charge in [0.25, 0.3) is 10.0 Å². The van der Waals surface area contributed by atoms with Crippen LogP contribution in [0.4, 0.5) is 5.69 Å². The van der Waals surface area contributed by atoms with E-state index in [0.717, 1.165) is 21.0 Å².